The second-order valence-electron chi connectivity index (χ2n) is 5.74. The Balaban J connectivity index is 1.91. The summed E-state index contributed by atoms with van der Waals surface area (Å²) in [4.78, 5) is 7.15. The largest absolute Gasteiger partial charge is 0.313 e. The molecule has 1 N–H and O–H groups in total. The van der Waals surface area contributed by atoms with Gasteiger partial charge in [0.15, 0.2) is 0 Å². The molecule has 2 heterocycles. The fourth-order valence-corrected chi connectivity index (χ4v) is 3.26. The molecule has 1 unspecified atom stereocenters. The van der Waals surface area contributed by atoms with E-state index in [1.807, 2.05) is 0 Å². The topological polar surface area (TPSA) is 28.2 Å². The molecule has 0 amide bonds. The lowest BCUT2D eigenvalue weighted by molar-refractivity contribution is 0.214. The van der Waals surface area contributed by atoms with Crippen LogP contribution in [0.25, 0.3) is 0 Å². The molecule has 0 aliphatic carbocycles. The van der Waals surface area contributed by atoms with Gasteiger partial charge in [-0.05, 0) is 32.2 Å². The molecule has 1 fully saturated rings. The van der Waals surface area contributed by atoms with Gasteiger partial charge in [0.2, 0.25) is 0 Å². The van der Waals surface area contributed by atoms with E-state index >= 15 is 0 Å². The fraction of sp³-hybridized carbons (Fsp3) is 0.786. The zero-order valence-electron chi connectivity index (χ0n) is 11.8. The van der Waals surface area contributed by atoms with Crippen molar-refractivity contribution >= 4 is 11.3 Å². The van der Waals surface area contributed by atoms with Crippen LogP contribution in [0.3, 0.4) is 0 Å². The summed E-state index contributed by atoms with van der Waals surface area (Å²) in [6, 6.07) is 0.684. The maximum Gasteiger partial charge on any atom is 0.0897 e. The van der Waals surface area contributed by atoms with Crippen molar-refractivity contribution in [3.63, 3.8) is 0 Å². The Morgan fingerprint density at radius 1 is 1.56 bits per heavy atom. The van der Waals surface area contributed by atoms with Crippen LogP contribution >= 0.6 is 11.3 Å². The van der Waals surface area contributed by atoms with Crippen LogP contribution in [0.2, 0.25) is 0 Å². The van der Waals surface area contributed by atoms with Crippen LogP contribution in [0.5, 0.6) is 0 Å². The van der Waals surface area contributed by atoms with E-state index in [2.05, 4.69) is 41.4 Å². The van der Waals surface area contributed by atoms with Crippen LogP contribution in [-0.2, 0) is 6.54 Å². The minimum atomic E-state index is 0.684. The number of rotatable bonds is 6. The molecule has 102 valence electrons. The van der Waals surface area contributed by atoms with Crippen molar-refractivity contribution in [1.29, 1.82) is 0 Å². The molecule has 3 nitrogen and oxygen atoms in total. The van der Waals surface area contributed by atoms with Crippen LogP contribution in [0, 0.1) is 12.8 Å². The Labute approximate surface area is 115 Å². The molecule has 1 atom stereocenters. The average molecular weight is 267 g/mol. The second kappa shape index (κ2) is 6.64. The molecule has 4 heteroatoms. The molecule has 18 heavy (non-hydrogen) atoms. The lowest BCUT2D eigenvalue weighted by Crippen LogP contribution is -2.39. The van der Waals surface area contributed by atoms with Crippen LogP contribution in [0.4, 0.5) is 0 Å². The van der Waals surface area contributed by atoms with Gasteiger partial charge >= 0.3 is 0 Å². The minimum absolute atomic E-state index is 0.684. The molecule has 0 radical (unpaired) electrons. The lowest BCUT2D eigenvalue weighted by atomic mass is 10.1. The van der Waals surface area contributed by atoms with Gasteiger partial charge in [0, 0.05) is 31.1 Å². The van der Waals surface area contributed by atoms with E-state index in [9.17, 15) is 0 Å². The van der Waals surface area contributed by atoms with Gasteiger partial charge in [-0.25, -0.2) is 4.98 Å². The molecule has 1 aliphatic rings. The molecule has 0 aromatic carbocycles. The maximum atomic E-state index is 4.59. The lowest BCUT2D eigenvalue weighted by Gasteiger charge is -2.26. The Bertz CT molecular complexity index is 356. The van der Waals surface area contributed by atoms with Crippen LogP contribution in [0.1, 0.15) is 37.4 Å². The average Bonchev–Trinajstić information content (AvgIpc) is 2.89. The van der Waals surface area contributed by atoms with Crippen molar-refractivity contribution in [3.05, 3.63) is 16.1 Å². The molecule has 0 bridgehead atoms. The quantitative estimate of drug-likeness (QED) is 0.859. The fourth-order valence-electron chi connectivity index (χ4n) is 2.65. The molecule has 2 rings (SSSR count). The van der Waals surface area contributed by atoms with Crippen molar-refractivity contribution in [1.82, 2.24) is 15.2 Å². The Morgan fingerprint density at radius 3 is 2.94 bits per heavy atom. The zero-order chi connectivity index (χ0) is 13.0. The standard InChI is InChI=1S/C14H25N3S/c1-11(2)7-17(8-13-5-4-6-15-13)9-14-10-18-12(3)16-14/h10-11,13,15H,4-9H2,1-3H3. The minimum Gasteiger partial charge on any atom is -0.313 e. The van der Waals surface area contributed by atoms with E-state index in [-0.39, 0.29) is 0 Å². The number of aryl methyl sites for hydroxylation is 1. The third-order valence-electron chi connectivity index (χ3n) is 3.32. The molecular weight excluding hydrogens is 242 g/mol. The van der Waals surface area contributed by atoms with Gasteiger partial charge in [-0.2, -0.15) is 0 Å². The SMILES string of the molecule is Cc1nc(CN(CC(C)C)CC2CCCN2)cs1. The third-order valence-corrected chi connectivity index (χ3v) is 4.14. The molecule has 0 saturated carbocycles. The first kappa shape index (κ1) is 14.0. The summed E-state index contributed by atoms with van der Waals surface area (Å²) in [7, 11) is 0. The summed E-state index contributed by atoms with van der Waals surface area (Å²) >= 11 is 1.75. The Hall–Kier alpha value is -0.450. The molecule has 1 aliphatic heterocycles. The molecular formula is C14H25N3S. The molecule has 1 saturated heterocycles. The van der Waals surface area contributed by atoms with Crippen molar-refractivity contribution in [2.45, 2.75) is 46.2 Å². The highest BCUT2D eigenvalue weighted by Gasteiger charge is 2.19. The van der Waals surface area contributed by atoms with E-state index in [1.165, 1.54) is 30.1 Å². The Morgan fingerprint density at radius 2 is 2.39 bits per heavy atom. The first-order valence-corrected chi connectivity index (χ1v) is 7.88. The highest BCUT2D eigenvalue weighted by molar-refractivity contribution is 7.09. The van der Waals surface area contributed by atoms with E-state index in [1.54, 1.807) is 11.3 Å². The van der Waals surface area contributed by atoms with Gasteiger partial charge in [0.25, 0.3) is 0 Å². The zero-order valence-corrected chi connectivity index (χ0v) is 12.6. The number of aromatic nitrogens is 1. The number of hydrogen-bond acceptors (Lipinski definition) is 4. The summed E-state index contributed by atoms with van der Waals surface area (Å²) in [6.07, 6.45) is 2.65. The second-order valence-corrected chi connectivity index (χ2v) is 6.80. The summed E-state index contributed by atoms with van der Waals surface area (Å²) in [5.74, 6) is 0.714. The smallest absolute Gasteiger partial charge is 0.0897 e. The van der Waals surface area contributed by atoms with Gasteiger partial charge in [0.1, 0.15) is 0 Å². The van der Waals surface area contributed by atoms with Crippen molar-refractivity contribution < 1.29 is 0 Å². The third kappa shape index (κ3) is 4.34. The van der Waals surface area contributed by atoms with E-state index in [0.29, 0.717) is 12.0 Å². The first-order valence-electron chi connectivity index (χ1n) is 7.00. The van der Waals surface area contributed by atoms with Crippen molar-refractivity contribution in [3.8, 4) is 0 Å². The summed E-state index contributed by atoms with van der Waals surface area (Å²) in [5, 5.41) is 6.97. The van der Waals surface area contributed by atoms with E-state index in [4.69, 9.17) is 0 Å². The highest BCUT2D eigenvalue weighted by Crippen LogP contribution is 2.14. The van der Waals surface area contributed by atoms with Gasteiger partial charge in [-0.15, -0.1) is 11.3 Å². The summed E-state index contributed by atoms with van der Waals surface area (Å²) in [5.41, 5.74) is 1.23. The summed E-state index contributed by atoms with van der Waals surface area (Å²) in [6.45, 7) is 11.2. The maximum absolute atomic E-state index is 4.59. The number of nitrogens with zero attached hydrogens (tertiary/aromatic N) is 2. The number of nitrogens with one attached hydrogen (secondary N) is 1. The van der Waals surface area contributed by atoms with Gasteiger partial charge in [-0.3, -0.25) is 4.90 Å². The Kier molecular flexibility index (Phi) is 5.15. The van der Waals surface area contributed by atoms with Gasteiger partial charge in [0.05, 0.1) is 10.7 Å². The summed E-state index contributed by atoms with van der Waals surface area (Å²) < 4.78 is 0. The van der Waals surface area contributed by atoms with E-state index < -0.39 is 0 Å². The predicted octanol–water partition coefficient (Wildman–Crippen LogP) is 2.66. The predicted molar refractivity (Wildman–Crippen MR) is 78.0 cm³/mol. The van der Waals surface area contributed by atoms with Crippen LogP contribution < -0.4 is 5.32 Å². The van der Waals surface area contributed by atoms with Gasteiger partial charge < -0.3 is 5.32 Å². The first-order chi connectivity index (χ1) is 8.63. The number of thiazole rings is 1. The van der Waals surface area contributed by atoms with Crippen molar-refractivity contribution in [2.24, 2.45) is 5.92 Å². The highest BCUT2D eigenvalue weighted by atomic mass is 32.1. The monoisotopic (exact) mass is 267 g/mol. The molecule has 1 aromatic heterocycles. The molecule has 0 spiro atoms. The normalized spacial score (nSPS) is 20.2. The van der Waals surface area contributed by atoms with Crippen LogP contribution in [-0.4, -0.2) is 35.6 Å². The molecule has 1 aromatic rings. The van der Waals surface area contributed by atoms with Crippen molar-refractivity contribution in [2.75, 3.05) is 19.6 Å². The van der Waals surface area contributed by atoms with Crippen LogP contribution in [0.15, 0.2) is 5.38 Å². The number of hydrogen-bond donors (Lipinski definition) is 1. The van der Waals surface area contributed by atoms with Gasteiger partial charge in [-0.1, -0.05) is 13.8 Å². The van der Waals surface area contributed by atoms with E-state index in [0.717, 1.165) is 19.6 Å².